The standard InChI is InChI=1S/C27H27N7O2/c1-5-8-22-28-24-23(31-36-4)16(2)17(3)26(35)25(24)34(22)15-18-11-13-19(14-12-18)20-9-6-7-10-21(20)27-29-32-33-30-27/h6-7,9-14H,5,8,15H2,1-4H3,(H,29,30,32,33). The zero-order valence-electron chi connectivity index (χ0n) is 20.7. The molecule has 0 amide bonds. The molecule has 9 heteroatoms. The number of fused-ring (bicyclic) bond motifs is 1. The number of benzene rings is 2. The Balaban J connectivity index is 1.53. The molecular weight excluding hydrogens is 454 g/mol. The molecule has 0 unspecified atom stereocenters. The van der Waals surface area contributed by atoms with Crippen molar-refractivity contribution in [2.24, 2.45) is 5.16 Å². The molecule has 0 atom stereocenters. The fourth-order valence-corrected chi connectivity index (χ4v) is 4.57. The minimum Gasteiger partial charge on any atom is -0.399 e. The van der Waals surface area contributed by atoms with Gasteiger partial charge in [-0.3, -0.25) is 4.79 Å². The van der Waals surface area contributed by atoms with Crippen LogP contribution in [0.4, 0.5) is 0 Å². The maximum atomic E-state index is 13.4. The van der Waals surface area contributed by atoms with E-state index in [2.05, 4.69) is 57.0 Å². The highest BCUT2D eigenvalue weighted by molar-refractivity contribution is 6.26. The van der Waals surface area contributed by atoms with Crippen LogP contribution in [0.1, 0.15) is 54.8 Å². The smallest absolute Gasteiger partial charge is 0.207 e. The molecule has 2 heterocycles. The van der Waals surface area contributed by atoms with Crippen molar-refractivity contribution >= 4 is 11.5 Å². The minimum atomic E-state index is -0.0152. The summed E-state index contributed by atoms with van der Waals surface area (Å²) in [5, 5.41) is 18.5. The van der Waals surface area contributed by atoms with Crippen LogP contribution in [-0.4, -0.2) is 48.8 Å². The predicted molar refractivity (Wildman–Crippen MR) is 137 cm³/mol. The fourth-order valence-electron chi connectivity index (χ4n) is 4.57. The largest absolute Gasteiger partial charge is 0.399 e. The van der Waals surface area contributed by atoms with Crippen molar-refractivity contribution < 1.29 is 9.63 Å². The molecule has 5 rings (SSSR count). The third kappa shape index (κ3) is 4.02. The quantitative estimate of drug-likeness (QED) is 0.386. The number of tetrazole rings is 1. The average molecular weight is 482 g/mol. The molecule has 2 aromatic carbocycles. The molecule has 0 aliphatic heterocycles. The molecular formula is C27H27N7O2. The summed E-state index contributed by atoms with van der Waals surface area (Å²) in [5.74, 6) is 1.47. The van der Waals surface area contributed by atoms with E-state index in [-0.39, 0.29) is 5.78 Å². The lowest BCUT2D eigenvalue weighted by atomic mass is 9.91. The van der Waals surface area contributed by atoms with Crippen molar-refractivity contribution in [1.29, 1.82) is 0 Å². The van der Waals surface area contributed by atoms with Crippen molar-refractivity contribution in [3.8, 4) is 22.5 Å². The van der Waals surface area contributed by atoms with Gasteiger partial charge in [-0.2, -0.15) is 0 Å². The van der Waals surface area contributed by atoms with Crippen LogP contribution >= 0.6 is 0 Å². The number of aromatic nitrogens is 6. The van der Waals surface area contributed by atoms with Gasteiger partial charge in [-0.25, -0.2) is 10.1 Å². The summed E-state index contributed by atoms with van der Waals surface area (Å²) in [7, 11) is 1.51. The van der Waals surface area contributed by atoms with E-state index >= 15 is 0 Å². The van der Waals surface area contributed by atoms with Crippen LogP contribution in [0.15, 0.2) is 64.8 Å². The summed E-state index contributed by atoms with van der Waals surface area (Å²) in [5.41, 5.74) is 7.32. The molecule has 0 saturated carbocycles. The third-order valence-corrected chi connectivity index (χ3v) is 6.53. The van der Waals surface area contributed by atoms with Gasteiger partial charge >= 0.3 is 0 Å². The van der Waals surface area contributed by atoms with Crippen LogP contribution in [0.3, 0.4) is 0 Å². The van der Waals surface area contributed by atoms with Crippen molar-refractivity contribution in [2.75, 3.05) is 7.11 Å². The molecule has 0 spiro atoms. The van der Waals surface area contributed by atoms with Gasteiger partial charge in [0.05, 0.1) is 0 Å². The molecule has 0 bridgehead atoms. The zero-order valence-corrected chi connectivity index (χ0v) is 20.7. The summed E-state index contributed by atoms with van der Waals surface area (Å²) in [6.45, 7) is 6.36. The summed E-state index contributed by atoms with van der Waals surface area (Å²) < 4.78 is 2.03. The van der Waals surface area contributed by atoms with Crippen molar-refractivity contribution in [1.82, 2.24) is 30.2 Å². The lowest BCUT2D eigenvalue weighted by Gasteiger charge is -2.18. The van der Waals surface area contributed by atoms with Gasteiger partial charge in [0.2, 0.25) is 5.78 Å². The van der Waals surface area contributed by atoms with Crippen molar-refractivity contribution in [3.63, 3.8) is 0 Å². The number of nitrogens with zero attached hydrogens (tertiary/aromatic N) is 6. The van der Waals surface area contributed by atoms with Gasteiger partial charge < -0.3 is 9.40 Å². The van der Waals surface area contributed by atoms with Gasteiger partial charge in [0.15, 0.2) is 5.82 Å². The zero-order chi connectivity index (χ0) is 25.2. The number of Topliss-reactive ketones (excluding diaryl/α,β-unsaturated/α-hetero) is 1. The number of imidazole rings is 1. The predicted octanol–water partition coefficient (Wildman–Crippen LogP) is 4.61. The van der Waals surface area contributed by atoms with Crippen LogP contribution in [0.2, 0.25) is 0 Å². The third-order valence-electron chi connectivity index (χ3n) is 6.53. The monoisotopic (exact) mass is 481 g/mol. The Labute approximate surface area is 208 Å². The summed E-state index contributed by atoms with van der Waals surface area (Å²) >= 11 is 0. The normalized spacial score (nSPS) is 14.4. The molecule has 2 aromatic heterocycles. The number of oxime groups is 1. The Kier molecular flexibility index (Phi) is 6.28. The van der Waals surface area contributed by atoms with E-state index in [1.165, 1.54) is 7.11 Å². The molecule has 0 fully saturated rings. The van der Waals surface area contributed by atoms with Gasteiger partial charge in [-0.1, -0.05) is 60.6 Å². The Morgan fingerprint density at radius 2 is 1.78 bits per heavy atom. The molecule has 9 nitrogen and oxygen atoms in total. The average Bonchev–Trinajstić information content (AvgIpc) is 3.55. The summed E-state index contributed by atoms with van der Waals surface area (Å²) in [6.07, 6.45) is 1.67. The number of aryl methyl sites for hydroxylation is 1. The minimum absolute atomic E-state index is 0.0152. The number of nitrogens with one attached hydrogen (secondary N) is 1. The molecule has 1 aliphatic carbocycles. The summed E-state index contributed by atoms with van der Waals surface area (Å²) in [6, 6.07) is 16.3. The lowest BCUT2D eigenvalue weighted by Crippen LogP contribution is -2.23. The molecule has 0 radical (unpaired) electrons. The number of ketones is 1. The first-order chi connectivity index (χ1) is 17.5. The van der Waals surface area contributed by atoms with Crippen LogP contribution in [-0.2, 0) is 17.8 Å². The highest BCUT2D eigenvalue weighted by Crippen LogP contribution is 2.31. The second-order valence-electron chi connectivity index (χ2n) is 8.76. The molecule has 36 heavy (non-hydrogen) atoms. The first-order valence-corrected chi connectivity index (χ1v) is 11.9. The second kappa shape index (κ2) is 9.69. The fraction of sp³-hybridized carbons (Fsp3) is 0.259. The lowest BCUT2D eigenvalue weighted by molar-refractivity contribution is 0.102. The maximum absolute atomic E-state index is 13.4. The van der Waals surface area contributed by atoms with E-state index in [0.717, 1.165) is 46.5 Å². The Morgan fingerprint density at radius 1 is 1.03 bits per heavy atom. The first-order valence-electron chi connectivity index (χ1n) is 11.9. The number of rotatable bonds is 7. The van der Waals surface area contributed by atoms with Gasteiger partial charge in [-0.15, -0.1) is 5.10 Å². The number of aromatic amines is 1. The number of carbonyl (C=O) groups excluding carboxylic acids is 1. The van der Waals surface area contributed by atoms with E-state index in [1.54, 1.807) is 0 Å². The number of hydrogen-bond acceptors (Lipinski definition) is 7. The van der Waals surface area contributed by atoms with E-state index < -0.39 is 0 Å². The molecule has 4 aromatic rings. The Hall–Kier alpha value is -4.40. The van der Waals surface area contributed by atoms with Crippen LogP contribution in [0.5, 0.6) is 0 Å². The number of carbonyl (C=O) groups is 1. The highest BCUT2D eigenvalue weighted by Gasteiger charge is 2.33. The highest BCUT2D eigenvalue weighted by atomic mass is 16.6. The number of allylic oxidation sites excluding steroid dienone is 2. The maximum Gasteiger partial charge on any atom is 0.207 e. The SMILES string of the molecule is CCCc1nc2c(n1Cc1ccc(-c3ccccc3-c3nnn[nH]3)cc1)C(=O)C(C)=C(C)C2=NOC. The first kappa shape index (κ1) is 23.3. The molecule has 1 N–H and O–H groups in total. The van der Waals surface area contributed by atoms with Crippen molar-refractivity contribution in [2.45, 2.75) is 40.2 Å². The number of H-pyrrole nitrogens is 1. The van der Waals surface area contributed by atoms with Gasteiger partial charge in [-0.05, 0) is 53.0 Å². The van der Waals surface area contributed by atoms with E-state index in [9.17, 15) is 4.79 Å². The van der Waals surface area contributed by atoms with Crippen LogP contribution in [0.25, 0.3) is 22.5 Å². The second-order valence-corrected chi connectivity index (χ2v) is 8.76. The Bertz CT molecular complexity index is 1480. The van der Waals surface area contributed by atoms with Gasteiger partial charge in [0, 0.05) is 24.1 Å². The van der Waals surface area contributed by atoms with Crippen LogP contribution < -0.4 is 0 Å². The number of hydrogen-bond donors (Lipinski definition) is 1. The van der Waals surface area contributed by atoms with E-state index in [1.807, 2.05) is 42.7 Å². The Morgan fingerprint density at radius 3 is 2.44 bits per heavy atom. The van der Waals surface area contributed by atoms with Gasteiger partial charge in [0.25, 0.3) is 0 Å². The molecule has 182 valence electrons. The molecule has 0 saturated heterocycles. The summed E-state index contributed by atoms with van der Waals surface area (Å²) in [4.78, 5) is 23.3. The van der Waals surface area contributed by atoms with Crippen molar-refractivity contribution in [3.05, 3.63) is 82.5 Å². The van der Waals surface area contributed by atoms with E-state index in [4.69, 9.17) is 9.82 Å². The van der Waals surface area contributed by atoms with Crippen LogP contribution in [0, 0.1) is 0 Å². The van der Waals surface area contributed by atoms with E-state index in [0.29, 0.717) is 35.0 Å². The topological polar surface area (TPSA) is 111 Å². The molecule has 1 aliphatic rings. The van der Waals surface area contributed by atoms with Gasteiger partial charge in [0.1, 0.15) is 30.0 Å².